The van der Waals surface area contributed by atoms with Crippen LogP contribution in [0.1, 0.15) is 13.8 Å². The van der Waals surface area contributed by atoms with E-state index in [1.807, 2.05) is 0 Å². The van der Waals surface area contributed by atoms with Crippen LogP contribution in [0, 0.1) is 0 Å². The van der Waals surface area contributed by atoms with Crippen LogP contribution in [0.4, 0.5) is 5.69 Å². The van der Waals surface area contributed by atoms with Gasteiger partial charge in [0.2, 0.25) is 0 Å². The van der Waals surface area contributed by atoms with Gasteiger partial charge in [0.1, 0.15) is 11.9 Å². The van der Waals surface area contributed by atoms with E-state index in [4.69, 9.17) is 4.74 Å². The first kappa shape index (κ1) is 15.5. The standard InChI is InChI=1S/C12H17NO5S/c1-4-19(16,17)9-5-6-11(14)10(7-9)13-12(15)8(2)18-3/h5-8,14H,4H2,1-3H3,(H,13,15)/t8-/m0/s1. The van der Waals surface area contributed by atoms with Crippen molar-refractivity contribution < 1.29 is 23.1 Å². The summed E-state index contributed by atoms with van der Waals surface area (Å²) in [6, 6.07) is 3.76. The fraction of sp³-hybridized carbons (Fsp3) is 0.417. The monoisotopic (exact) mass is 287 g/mol. The van der Waals surface area contributed by atoms with Gasteiger partial charge in [-0.1, -0.05) is 6.92 Å². The van der Waals surface area contributed by atoms with Crippen LogP contribution < -0.4 is 5.32 Å². The maximum atomic E-state index is 11.7. The van der Waals surface area contributed by atoms with E-state index in [0.717, 1.165) is 0 Å². The summed E-state index contributed by atoms with van der Waals surface area (Å²) in [6.45, 7) is 3.06. The number of sulfone groups is 1. The zero-order chi connectivity index (χ0) is 14.6. The van der Waals surface area contributed by atoms with Crippen molar-refractivity contribution in [2.24, 2.45) is 0 Å². The van der Waals surface area contributed by atoms with Crippen LogP contribution in [0.25, 0.3) is 0 Å². The number of hydrogen-bond acceptors (Lipinski definition) is 5. The zero-order valence-corrected chi connectivity index (χ0v) is 11.8. The first-order valence-electron chi connectivity index (χ1n) is 5.71. The van der Waals surface area contributed by atoms with Crippen LogP contribution in [0.3, 0.4) is 0 Å². The zero-order valence-electron chi connectivity index (χ0n) is 11.0. The third kappa shape index (κ3) is 3.68. The van der Waals surface area contributed by atoms with Crippen LogP contribution in [-0.2, 0) is 19.4 Å². The van der Waals surface area contributed by atoms with E-state index in [9.17, 15) is 18.3 Å². The Bertz CT molecular complexity index is 567. The molecule has 0 saturated carbocycles. The fourth-order valence-electron chi connectivity index (χ4n) is 1.32. The quantitative estimate of drug-likeness (QED) is 0.793. The second kappa shape index (κ2) is 6.03. The van der Waals surface area contributed by atoms with Gasteiger partial charge in [0, 0.05) is 7.11 Å². The van der Waals surface area contributed by atoms with Gasteiger partial charge in [-0.05, 0) is 25.1 Å². The normalized spacial score (nSPS) is 13.0. The Balaban J connectivity index is 3.09. The van der Waals surface area contributed by atoms with Crippen molar-refractivity contribution in [3.05, 3.63) is 18.2 Å². The van der Waals surface area contributed by atoms with Gasteiger partial charge in [0.05, 0.1) is 16.3 Å². The average Bonchev–Trinajstić information content (AvgIpc) is 2.39. The Morgan fingerprint density at radius 3 is 2.63 bits per heavy atom. The summed E-state index contributed by atoms with van der Waals surface area (Å²) in [6.07, 6.45) is -0.703. The van der Waals surface area contributed by atoms with Crippen LogP contribution in [0.15, 0.2) is 23.1 Å². The molecule has 19 heavy (non-hydrogen) atoms. The number of amides is 1. The predicted molar refractivity (Wildman–Crippen MR) is 70.9 cm³/mol. The molecule has 0 spiro atoms. The van der Waals surface area contributed by atoms with E-state index < -0.39 is 21.8 Å². The molecule has 0 aliphatic heterocycles. The van der Waals surface area contributed by atoms with Crippen molar-refractivity contribution in [2.45, 2.75) is 24.8 Å². The molecule has 6 nitrogen and oxygen atoms in total. The molecule has 0 aromatic heterocycles. The van der Waals surface area contributed by atoms with E-state index in [0.29, 0.717) is 0 Å². The Morgan fingerprint density at radius 2 is 2.11 bits per heavy atom. The molecule has 0 unspecified atom stereocenters. The Kier molecular flexibility index (Phi) is 4.90. The number of rotatable bonds is 5. The highest BCUT2D eigenvalue weighted by atomic mass is 32.2. The largest absolute Gasteiger partial charge is 0.506 e. The molecular formula is C12H17NO5S. The smallest absolute Gasteiger partial charge is 0.253 e. The molecule has 0 radical (unpaired) electrons. The summed E-state index contributed by atoms with van der Waals surface area (Å²) in [5.41, 5.74) is 0.0448. The number of benzene rings is 1. The summed E-state index contributed by atoms with van der Waals surface area (Å²) in [5.74, 6) is -0.727. The minimum atomic E-state index is -3.39. The summed E-state index contributed by atoms with van der Waals surface area (Å²) in [7, 11) is -2.02. The van der Waals surface area contributed by atoms with Gasteiger partial charge >= 0.3 is 0 Å². The lowest BCUT2D eigenvalue weighted by Crippen LogP contribution is -2.26. The molecule has 0 aliphatic rings. The SMILES string of the molecule is CCS(=O)(=O)c1ccc(O)c(NC(=O)[C@H](C)OC)c1. The van der Waals surface area contributed by atoms with Crippen molar-refractivity contribution in [3.63, 3.8) is 0 Å². The maximum Gasteiger partial charge on any atom is 0.253 e. The molecule has 0 bridgehead atoms. The summed E-state index contributed by atoms with van der Waals surface area (Å²) < 4.78 is 28.3. The number of hydrogen-bond donors (Lipinski definition) is 2. The molecule has 0 aliphatic carbocycles. The number of phenolic OH excluding ortho intramolecular Hbond substituents is 1. The minimum Gasteiger partial charge on any atom is -0.506 e. The van der Waals surface area contributed by atoms with E-state index >= 15 is 0 Å². The Hall–Kier alpha value is -1.60. The average molecular weight is 287 g/mol. The predicted octanol–water partition coefficient (Wildman–Crippen LogP) is 1.16. The highest BCUT2D eigenvalue weighted by molar-refractivity contribution is 7.91. The molecule has 1 atom stereocenters. The fourth-order valence-corrected chi connectivity index (χ4v) is 2.22. The van der Waals surface area contributed by atoms with Gasteiger partial charge in [-0.2, -0.15) is 0 Å². The van der Waals surface area contributed by atoms with Crippen molar-refractivity contribution in [1.82, 2.24) is 0 Å². The summed E-state index contributed by atoms with van der Waals surface area (Å²) in [4.78, 5) is 11.7. The van der Waals surface area contributed by atoms with E-state index in [1.165, 1.54) is 32.2 Å². The second-order valence-corrected chi connectivity index (χ2v) is 6.23. The molecule has 1 rings (SSSR count). The van der Waals surface area contributed by atoms with Crippen LogP contribution in [-0.4, -0.2) is 38.4 Å². The Morgan fingerprint density at radius 1 is 1.47 bits per heavy atom. The van der Waals surface area contributed by atoms with Crippen molar-refractivity contribution >= 4 is 21.4 Å². The highest BCUT2D eigenvalue weighted by Crippen LogP contribution is 2.27. The first-order chi connectivity index (χ1) is 8.81. The molecule has 2 N–H and O–H groups in total. The summed E-state index contributed by atoms with van der Waals surface area (Å²) in [5, 5.41) is 12.0. The number of ether oxygens (including phenoxy) is 1. The van der Waals surface area contributed by atoms with Crippen molar-refractivity contribution in [2.75, 3.05) is 18.2 Å². The van der Waals surface area contributed by atoms with Gasteiger partial charge in [0.15, 0.2) is 9.84 Å². The number of methoxy groups -OCH3 is 1. The number of anilines is 1. The third-order valence-electron chi connectivity index (χ3n) is 2.69. The summed E-state index contributed by atoms with van der Waals surface area (Å²) >= 11 is 0. The molecular weight excluding hydrogens is 270 g/mol. The molecule has 7 heteroatoms. The topological polar surface area (TPSA) is 92.7 Å². The first-order valence-corrected chi connectivity index (χ1v) is 7.36. The highest BCUT2D eigenvalue weighted by Gasteiger charge is 2.17. The van der Waals surface area contributed by atoms with Gasteiger partial charge in [-0.25, -0.2) is 8.42 Å². The molecule has 1 amide bonds. The molecule has 106 valence electrons. The van der Waals surface area contributed by atoms with Crippen LogP contribution in [0.2, 0.25) is 0 Å². The van der Waals surface area contributed by atoms with Gasteiger partial charge in [-0.3, -0.25) is 4.79 Å². The second-order valence-electron chi connectivity index (χ2n) is 3.95. The number of carbonyl (C=O) groups is 1. The van der Waals surface area contributed by atoms with E-state index in [1.54, 1.807) is 6.92 Å². The number of carbonyl (C=O) groups excluding carboxylic acids is 1. The lowest BCUT2D eigenvalue weighted by atomic mass is 10.2. The van der Waals surface area contributed by atoms with Gasteiger partial charge in [0.25, 0.3) is 5.91 Å². The van der Waals surface area contributed by atoms with Gasteiger partial charge < -0.3 is 15.2 Å². The van der Waals surface area contributed by atoms with Crippen LogP contribution >= 0.6 is 0 Å². The lowest BCUT2D eigenvalue weighted by Gasteiger charge is -2.12. The van der Waals surface area contributed by atoms with Crippen LogP contribution in [0.5, 0.6) is 5.75 Å². The third-order valence-corrected chi connectivity index (χ3v) is 4.42. The lowest BCUT2D eigenvalue weighted by molar-refractivity contribution is -0.124. The van der Waals surface area contributed by atoms with E-state index in [2.05, 4.69) is 5.32 Å². The molecule has 0 saturated heterocycles. The molecule has 0 fully saturated rings. The van der Waals surface area contributed by atoms with Crippen molar-refractivity contribution in [3.8, 4) is 5.75 Å². The van der Waals surface area contributed by atoms with E-state index in [-0.39, 0.29) is 22.1 Å². The minimum absolute atomic E-state index is 0.0448. The van der Waals surface area contributed by atoms with Gasteiger partial charge in [-0.15, -0.1) is 0 Å². The number of nitrogens with one attached hydrogen (secondary N) is 1. The molecule has 0 heterocycles. The maximum absolute atomic E-state index is 11.7. The number of phenols is 1. The molecule has 1 aromatic carbocycles. The van der Waals surface area contributed by atoms with Crippen molar-refractivity contribution in [1.29, 1.82) is 0 Å². The number of aromatic hydroxyl groups is 1. The molecule has 1 aromatic rings. The Labute approximate surface area is 112 Å².